The van der Waals surface area contributed by atoms with Crippen molar-refractivity contribution < 1.29 is 31.4 Å². The average Bonchev–Trinajstić information content (AvgIpc) is 2.66. The molecule has 0 radical (unpaired) electrons. The smallest absolute Gasteiger partial charge is 0.200 e. The van der Waals surface area contributed by atoms with Gasteiger partial charge in [0.25, 0.3) is 0 Å². The molecule has 0 amide bonds. The summed E-state index contributed by atoms with van der Waals surface area (Å²) in [6.07, 6.45) is 0.387. The van der Waals surface area contributed by atoms with Gasteiger partial charge in [-0.05, 0) is 12.5 Å². The number of benzene rings is 2. The first kappa shape index (κ1) is 20.6. The van der Waals surface area contributed by atoms with Gasteiger partial charge in [-0.2, -0.15) is 0 Å². The topological polar surface area (TPSA) is 18.5 Å². The van der Waals surface area contributed by atoms with Crippen molar-refractivity contribution in [3.05, 3.63) is 58.9 Å². The van der Waals surface area contributed by atoms with E-state index >= 15 is 0 Å². The molecule has 8 heteroatoms. The van der Waals surface area contributed by atoms with Crippen molar-refractivity contribution in [2.24, 2.45) is 0 Å². The van der Waals surface area contributed by atoms with E-state index in [0.29, 0.717) is 17.7 Å². The van der Waals surface area contributed by atoms with Crippen LogP contribution in [0.2, 0.25) is 0 Å². The highest BCUT2D eigenvalue weighted by Crippen LogP contribution is 2.48. The highest BCUT2D eigenvalue weighted by molar-refractivity contribution is 7.48. The Morgan fingerprint density at radius 1 is 0.923 bits per heavy atom. The van der Waals surface area contributed by atoms with E-state index in [1.54, 1.807) is 38.1 Å². The average molecular weight is 392 g/mol. The van der Waals surface area contributed by atoms with Crippen LogP contribution in [0, 0.1) is 29.1 Å². The third-order valence-electron chi connectivity index (χ3n) is 4.13. The van der Waals surface area contributed by atoms with Gasteiger partial charge < -0.3 is 9.47 Å². The van der Waals surface area contributed by atoms with Gasteiger partial charge in [0.2, 0.25) is 5.82 Å². The molecule has 0 aliphatic carbocycles. The van der Waals surface area contributed by atoms with Crippen LogP contribution >= 0.6 is 8.58 Å². The highest BCUT2D eigenvalue weighted by Gasteiger charge is 2.34. The zero-order valence-corrected chi connectivity index (χ0v) is 15.4. The minimum Gasteiger partial charge on any atom is -0.467 e. The molecule has 0 bridgehead atoms. The first-order valence-electron chi connectivity index (χ1n) is 7.77. The molecule has 2 atom stereocenters. The van der Waals surface area contributed by atoms with E-state index in [4.69, 9.17) is 9.47 Å². The van der Waals surface area contributed by atoms with E-state index in [1.165, 1.54) is 7.11 Å². The molecule has 2 unspecified atom stereocenters. The van der Waals surface area contributed by atoms with Crippen molar-refractivity contribution in [2.75, 3.05) is 13.9 Å². The van der Waals surface area contributed by atoms with Crippen LogP contribution in [0.25, 0.3) is 0 Å². The molecule has 2 aromatic rings. The maximum absolute atomic E-state index is 14.1. The van der Waals surface area contributed by atoms with Gasteiger partial charge in [0.1, 0.15) is 5.75 Å². The fraction of sp³-hybridized carbons (Fsp3) is 0.333. The van der Waals surface area contributed by atoms with E-state index in [0.717, 1.165) is 0 Å². The molecule has 0 heterocycles. The van der Waals surface area contributed by atoms with Crippen LogP contribution in [0.5, 0.6) is 5.75 Å². The Bertz CT molecular complexity index is 770. The lowest BCUT2D eigenvalue weighted by molar-refractivity contribution is 0.0500. The Labute approximate surface area is 150 Å². The molecular formula is C18H18F5O2P. The van der Waals surface area contributed by atoms with Gasteiger partial charge in [-0.1, -0.05) is 40.6 Å². The molecule has 2 rings (SSSR count). The van der Waals surface area contributed by atoms with E-state index in [-0.39, 0.29) is 6.79 Å². The molecule has 0 fully saturated rings. The third-order valence-corrected chi connectivity index (χ3v) is 6.00. The number of rotatable bonds is 7. The zero-order chi connectivity index (χ0) is 19.5. The van der Waals surface area contributed by atoms with Crippen molar-refractivity contribution in [1.29, 1.82) is 0 Å². The van der Waals surface area contributed by atoms with Crippen LogP contribution in [-0.4, -0.2) is 13.9 Å². The van der Waals surface area contributed by atoms with Gasteiger partial charge in [-0.25, -0.2) is 22.0 Å². The molecule has 0 aromatic heterocycles. The Hall–Kier alpha value is -1.72. The van der Waals surface area contributed by atoms with Crippen LogP contribution < -0.4 is 10.0 Å². The van der Waals surface area contributed by atoms with E-state index in [1.807, 2.05) is 0 Å². The highest BCUT2D eigenvalue weighted by atomic mass is 31.1. The monoisotopic (exact) mass is 392 g/mol. The fourth-order valence-corrected chi connectivity index (χ4v) is 4.02. The summed E-state index contributed by atoms with van der Waals surface area (Å²) in [5, 5.41) is -1.71. The summed E-state index contributed by atoms with van der Waals surface area (Å²) in [6.45, 7) is 3.42. The first-order valence-corrected chi connectivity index (χ1v) is 8.77. The predicted octanol–water partition coefficient (Wildman–Crippen LogP) is 4.99. The molecule has 0 N–H and O–H groups in total. The first-order chi connectivity index (χ1) is 12.3. The van der Waals surface area contributed by atoms with Crippen molar-refractivity contribution >= 4 is 13.9 Å². The quantitative estimate of drug-likeness (QED) is 0.217. The summed E-state index contributed by atoms with van der Waals surface area (Å²) in [7, 11) is 0.739. The van der Waals surface area contributed by atoms with E-state index in [9.17, 15) is 22.0 Å². The number of hydrogen-bond acceptors (Lipinski definition) is 2. The predicted molar refractivity (Wildman–Crippen MR) is 90.8 cm³/mol. The molecule has 142 valence electrons. The molecule has 2 aromatic carbocycles. The van der Waals surface area contributed by atoms with Crippen LogP contribution in [-0.2, 0) is 9.89 Å². The lowest BCUT2D eigenvalue weighted by atomic mass is 9.96. The third kappa shape index (κ3) is 3.84. The SMILES string of the molecule is CCC(C)(Pc1c(F)c(F)c(F)c(F)c1F)c1ccccc1OCOC. The van der Waals surface area contributed by atoms with Crippen molar-refractivity contribution in [1.82, 2.24) is 0 Å². The molecular weight excluding hydrogens is 374 g/mol. The second kappa shape index (κ2) is 8.31. The maximum atomic E-state index is 14.1. The molecule has 26 heavy (non-hydrogen) atoms. The number of ether oxygens (including phenoxy) is 2. The summed E-state index contributed by atoms with van der Waals surface area (Å²) in [5.41, 5.74) is 0.599. The Balaban J connectivity index is 2.54. The summed E-state index contributed by atoms with van der Waals surface area (Å²) >= 11 is 0. The molecule has 0 spiro atoms. The molecule has 0 aliphatic rings. The summed E-state index contributed by atoms with van der Waals surface area (Å²) in [6, 6.07) is 6.79. The standard InChI is InChI=1S/C18H18F5O2P/c1-4-18(2,10-7-5-6-8-11(10)25-9-24-3)26-17-15(22)13(20)12(19)14(21)16(17)23/h5-8,26H,4,9H2,1-3H3. The number of methoxy groups -OCH3 is 1. The number of para-hydroxylation sites is 1. The summed E-state index contributed by atoms with van der Waals surface area (Å²) in [4.78, 5) is 0. The Kier molecular flexibility index (Phi) is 6.58. The van der Waals surface area contributed by atoms with Crippen LogP contribution in [0.1, 0.15) is 25.8 Å². The van der Waals surface area contributed by atoms with Crippen LogP contribution in [0.3, 0.4) is 0 Å². The molecule has 0 saturated heterocycles. The van der Waals surface area contributed by atoms with Gasteiger partial charge in [0.15, 0.2) is 30.1 Å². The fourth-order valence-electron chi connectivity index (χ4n) is 2.51. The summed E-state index contributed by atoms with van der Waals surface area (Å²) < 4.78 is 78.9. The number of halogens is 5. The van der Waals surface area contributed by atoms with Gasteiger partial charge in [-0.15, -0.1) is 0 Å². The lowest BCUT2D eigenvalue weighted by Crippen LogP contribution is -2.25. The minimum absolute atomic E-state index is 0.0392. The molecule has 0 aliphatic heterocycles. The Morgan fingerprint density at radius 2 is 1.46 bits per heavy atom. The van der Waals surface area contributed by atoms with Crippen molar-refractivity contribution in [3.8, 4) is 5.75 Å². The van der Waals surface area contributed by atoms with Crippen LogP contribution in [0.15, 0.2) is 24.3 Å². The normalized spacial score (nSPS) is 14.0. The van der Waals surface area contributed by atoms with Gasteiger partial charge in [-0.3, -0.25) is 0 Å². The molecule has 0 saturated carbocycles. The minimum atomic E-state index is -2.16. The zero-order valence-electron chi connectivity index (χ0n) is 14.4. The van der Waals surface area contributed by atoms with Gasteiger partial charge >= 0.3 is 0 Å². The second-order valence-electron chi connectivity index (χ2n) is 5.80. The second-order valence-corrected chi connectivity index (χ2v) is 7.66. The van der Waals surface area contributed by atoms with E-state index < -0.39 is 48.1 Å². The summed E-state index contributed by atoms with van der Waals surface area (Å²) in [5.74, 6) is -9.20. The largest absolute Gasteiger partial charge is 0.467 e. The molecule has 2 nitrogen and oxygen atoms in total. The maximum Gasteiger partial charge on any atom is 0.200 e. The number of hydrogen-bond donors (Lipinski definition) is 0. The van der Waals surface area contributed by atoms with E-state index in [2.05, 4.69) is 0 Å². The van der Waals surface area contributed by atoms with Crippen molar-refractivity contribution in [2.45, 2.75) is 25.4 Å². The Morgan fingerprint density at radius 3 is 2.00 bits per heavy atom. The van der Waals surface area contributed by atoms with Gasteiger partial charge in [0, 0.05) is 17.8 Å². The van der Waals surface area contributed by atoms with Crippen LogP contribution in [0.4, 0.5) is 22.0 Å². The lowest BCUT2D eigenvalue weighted by Gasteiger charge is -2.31. The van der Waals surface area contributed by atoms with Crippen molar-refractivity contribution in [3.63, 3.8) is 0 Å². The van der Waals surface area contributed by atoms with Gasteiger partial charge in [0.05, 0.1) is 5.30 Å².